The number of thiazole rings is 1. The van der Waals surface area contributed by atoms with Crippen molar-refractivity contribution in [2.24, 2.45) is 5.73 Å². The quantitative estimate of drug-likeness (QED) is 0.592. The van der Waals surface area contributed by atoms with E-state index in [2.05, 4.69) is 18.2 Å². The van der Waals surface area contributed by atoms with Gasteiger partial charge in [-0.15, -0.1) is 11.3 Å². The summed E-state index contributed by atoms with van der Waals surface area (Å²) in [5, 5.41) is 10.8. The smallest absolute Gasteiger partial charge is 0.269 e. The summed E-state index contributed by atoms with van der Waals surface area (Å²) in [6.45, 7) is 4.68. The largest absolute Gasteiger partial charge is 0.330 e. The molecule has 114 valence electrons. The number of benzene rings is 1. The summed E-state index contributed by atoms with van der Waals surface area (Å²) in [6.07, 6.45) is 0.713. The molecular formula is C15H16N4O2S. The average molecular weight is 316 g/mol. The zero-order valence-corrected chi connectivity index (χ0v) is 13.2. The predicted octanol–water partition coefficient (Wildman–Crippen LogP) is 3.09. The maximum absolute atomic E-state index is 10.8. The third-order valence-corrected chi connectivity index (χ3v) is 4.82. The van der Waals surface area contributed by atoms with E-state index in [0.29, 0.717) is 13.0 Å². The first-order valence-electron chi connectivity index (χ1n) is 6.95. The number of hydrogen-bond acceptors (Lipinski definition) is 5. The second kappa shape index (κ2) is 5.51. The first-order chi connectivity index (χ1) is 10.5. The van der Waals surface area contributed by atoms with Crippen molar-refractivity contribution in [2.75, 3.05) is 6.54 Å². The fraction of sp³-hybridized carbons (Fsp3) is 0.267. The van der Waals surface area contributed by atoms with Crippen LogP contribution in [0.3, 0.4) is 0 Å². The van der Waals surface area contributed by atoms with E-state index < -0.39 is 4.92 Å². The van der Waals surface area contributed by atoms with Crippen LogP contribution in [-0.2, 0) is 6.42 Å². The molecule has 0 bridgehead atoms. The van der Waals surface area contributed by atoms with E-state index in [4.69, 9.17) is 10.7 Å². The topological polar surface area (TPSA) is 86.5 Å². The van der Waals surface area contributed by atoms with E-state index in [1.165, 1.54) is 22.7 Å². The van der Waals surface area contributed by atoms with Gasteiger partial charge in [0.2, 0.25) is 0 Å². The van der Waals surface area contributed by atoms with Gasteiger partial charge in [-0.05, 0) is 32.5 Å². The molecule has 0 aliphatic rings. The summed E-state index contributed by atoms with van der Waals surface area (Å²) in [7, 11) is 0. The molecule has 0 unspecified atom stereocenters. The number of nitrogens with zero attached hydrogens (tertiary/aromatic N) is 3. The Kier molecular flexibility index (Phi) is 3.67. The third kappa shape index (κ3) is 2.28. The molecular weight excluding hydrogens is 300 g/mol. The van der Waals surface area contributed by atoms with Gasteiger partial charge in [-0.3, -0.25) is 14.5 Å². The van der Waals surface area contributed by atoms with Crippen LogP contribution < -0.4 is 5.73 Å². The van der Waals surface area contributed by atoms with Crippen LogP contribution in [0.4, 0.5) is 5.69 Å². The van der Waals surface area contributed by atoms with Crippen LogP contribution in [-0.4, -0.2) is 20.9 Å². The van der Waals surface area contributed by atoms with Crippen molar-refractivity contribution < 1.29 is 4.92 Å². The molecule has 0 fully saturated rings. The van der Waals surface area contributed by atoms with Crippen molar-refractivity contribution in [3.8, 4) is 11.3 Å². The van der Waals surface area contributed by atoms with Gasteiger partial charge in [0.15, 0.2) is 4.96 Å². The maximum atomic E-state index is 10.8. The fourth-order valence-electron chi connectivity index (χ4n) is 2.55. The summed E-state index contributed by atoms with van der Waals surface area (Å²) >= 11 is 1.65. The highest BCUT2D eigenvalue weighted by Gasteiger charge is 2.18. The normalized spacial score (nSPS) is 11.2. The van der Waals surface area contributed by atoms with Gasteiger partial charge in [0.05, 0.1) is 16.3 Å². The maximum Gasteiger partial charge on any atom is 0.269 e. The van der Waals surface area contributed by atoms with Crippen LogP contribution in [0, 0.1) is 24.0 Å². The van der Waals surface area contributed by atoms with Crippen LogP contribution in [0.25, 0.3) is 16.2 Å². The van der Waals surface area contributed by atoms with Crippen LogP contribution in [0.5, 0.6) is 0 Å². The predicted molar refractivity (Wildman–Crippen MR) is 87.4 cm³/mol. The molecule has 0 saturated carbocycles. The summed E-state index contributed by atoms with van der Waals surface area (Å²) < 4.78 is 2.14. The molecule has 22 heavy (non-hydrogen) atoms. The number of nitro benzene ring substituents is 1. The summed E-state index contributed by atoms with van der Waals surface area (Å²) in [4.78, 5) is 17.3. The van der Waals surface area contributed by atoms with E-state index in [9.17, 15) is 10.1 Å². The van der Waals surface area contributed by atoms with E-state index in [1.807, 2.05) is 0 Å². The van der Waals surface area contributed by atoms with Crippen LogP contribution in [0.1, 0.15) is 16.3 Å². The molecule has 0 amide bonds. The summed E-state index contributed by atoms with van der Waals surface area (Å²) in [5.41, 5.74) is 9.80. The first-order valence-corrected chi connectivity index (χ1v) is 7.76. The molecule has 7 heteroatoms. The molecule has 0 saturated heterocycles. The Balaban J connectivity index is 2.17. The molecule has 3 aromatic rings. The van der Waals surface area contributed by atoms with Gasteiger partial charge in [-0.1, -0.05) is 0 Å². The molecule has 6 nitrogen and oxygen atoms in total. The number of nitrogens with two attached hydrogens (primary N) is 1. The Morgan fingerprint density at radius 2 is 2.00 bits per heavy atom. The third-order valence-electron chi connectivity index (χ3n) is 3.76. The number of fused-ring (bicyclic) bond motifs is 1. The van der Waals surface area contributed by atoms with E-state index in [0.717, 1.165) is 21.9 Å². The molecule has 0 radical (unpaired) electrons. The monoisotopic (exact) mass is 316 g/mol. The average Bonchev–Trinajstić information content (AvgIpc) is 2.98. The Hall–Kier alpha value is -2.25. The standard InChI is InChI=1S/C15H16N4O2S/c1-9-10(2)22-15-17-14(13(7-8-16)18(9)15)11-3-5-12(6-4-11)19(20)21/h3-6H,7-8,16H2,1-2H3. The van der Waals surface area contributed by atoms with Gasteiger partial charge >= 0.3 is 0 Å². The van der Waals surface area contributed by atoms with Crippen molar-refractivity contribution in [1.82, 2.24) is 9.38 Å². The molecule has 2 heterocycles. The van der Waals surface area contributed by atoms with Gasteiger partial charge in [0.1, 0.15) is 0 Å². The van der Waals surface area contributed by atoms with Crippen molar-refractivity contribution in [3.63, 3.8) is 0 Å². The van der Waals surface area contributed by atoms with Crippen molar-refractivity contribution in [1.29, 1.82) is 0 Å². The molecule has 1 aromatic carbocycles. The lowest BCUT2D eigenvalue weighted by molar-refractivity contribution is -0.384. The lowest BCUT2D eigenvalue weighted by atomic mass is 10.1. The second-order valence-electron chi connectivity index (χ2n) is 5.11. The molecule has 0 aliphatic carbocycles. The Morgan fingerprint density at radius 1 is 1.32 bits per heavy atom. The molecule has 0 spiro atoms. The number of aryl methyl sites for hydroxylation is 2. The molecule has 2 aromatic heterocycles. The molecule has 0 aliphatic heterocycles. The minimum atomic E-state index is -0.399. The van der Waals surface area contributed by atoms with Crippen LogP contribution in [0.2, 0.25) is 0 Å². The lowest BCUT2D eigenvalue weighted by Crippen LogP contribution is -2.06. The lowest BCUT2D eigenvalue weighted by Gasteiger charge is -2.05. The Bertz CT molecular complexity index is 849. The highest BCUT2D eigenvalue weighted by atomic mass is 32.1. The molecule has 2 N–H and O–H groups in total. The van der Waals surface area contributed by atoms with E-state index in [-0.39, 0.29) is 5.69 Å². The Labute approximate surface area is 131 Å². The van der Waals surface area contributed by atoms with Crippen molar-refractivity contribution in [2.45, 2.75) is 20.3 Å². The summed E-state index contributed by atoms with van der Waals surface area (Å²) in [6, 6.07) is 6.50. The van der Waals surface area contributed by atoms with Crippen LogP contribution in [0.15, 0.2) is 24.3 Å². The number of hydrogen-bond donors (Lipinski definition) is 1. The van der Waals surface area contributed by atoms with E-state index >= 15 is 0 Å². The minimum Gasteiger partial charge on any atom is -0.330 e. The fourth-order valence-corrected chi connectivity index (χ4v) is 3.54. The van der Waals surface area contributed by atoms with Gasteiger partial charge in [-0.25, -0.2) is 4.98 Å². The molecule has 3 rings (SSSR count). The van der Waals surface area contributed by atoms with E-state index in [1.54, 1.807) is 23.5 Å². The SMILES string of the molecule is Cc1sc2nc(-c3ccc([N+](=O)[O-])cc3)c(CCN)n2c1C. The van der Waals surface area contributed by atoms with Crippen molar-refractivity contribution >= 4 is 22.0 Å². The number of rotatable bonds is 4. The zero-order chi connectivity index (χ0) is 15.9. The number of imidazole rings is 1. The second-order valence-corrected chi connectivity index (χ2v) is 6.29. The summed E-state index contributed by atoms with van der Waals surface area (Å²) in [5.74, 6) is 0. The highest BCUT2D eigenvalue weighted by Crippen LogP contribution is 2.31. The van der Waals surface area contributed by atoms with Gasteiger partial charge in [0, 0.05) is 34.7 Å². The van der Waals surface area contributed by atoms with Gasteiger partial charge < -0.3 is 5.73 Å². The van der Waals surface area contributed by atoms with Crippen LogP contribution >= 0.6 is 11.3 Å². The Morgan fingerprint density at radius 3 is 2.59 bits per heavy atom. The minimum absolute atomic E-state index is 0.0807. The number of non-ortho nitro benzene ring substituents is 1. The number of nitro groups is 1. The molecule has 0 atom stereocenters. The van der Waals surface area contributed by atoms with Gasteiger partial charge in [-0.2, -0.15) is 0 Å². The number of aromatic nitrogens is 2. The zero-order valence-electron chi connectivity index (χ0n) is 12.4. The first kappa shape index (κ1) is 14.7. The van der Waals surface area contributed by atoms with Gasteiger partial charge in [0.25, 0.3) is 5.69 Å². The van der Waals surface area contributed by atoms with Crippen molar-refractivity contribution in [3.05, 3.63) is 50.6 Å². The highest BCUT2D eigenvalue weighted by molar-refractivity contribution is 7.17.